The summed E-state index contributed by atoms with van der Waals surface area (Å²) in [5, 5.41) is 11.2. The number of oxazole rings is 1. The average Bonchev–Trinajstić information content (AvgIpc) is 3.34. The Morgan fingerprint density at radius 3 is 2.84 bits per heavy atom. The molecule has 2 heterocycles. The number of hydrogen-bond acceptors (Lipinski definition) is 8. The fourth-order valence-electron chi connectivity index (χ4n) is 2.86. The lowest BCUT2D eigenvalue weighted by molar-refractivity contribution is -0.116. The second-order valence-electron chi connectivity index (χ2n) is 6.67. The van der Waals surface area contributed by atoms with E-state index in [4.69, 9.17) is 9.15 Å². The number of aryl methyl sites for hydroxylation is 2. The first-order chi connectivity index (χ1) is 15.1. The van der Waals surface area contributed by atoms with E-state index >= 15 is 0 Å². The van der Waals surface area contributed by atoms with Gasteiger partial charge in [0, 0.05) is 18.7 Å². The largest absolute Gasteiger partial charge is 0.493 e. The number of fused-ring (bicyclic) bond motifs is 1. The standard InChI is InChI=1S/C21H20N4O4S2/c1-14-6-8-15(9-7-14)28-12-13-30-20-24-23-19(31-20)22-18(26)10-11-25-16-4-2-3-5-17(16)29-21(25)27/h2-9H,10-13H2,1H3,(H,22,23,26). The highest BCUT2D eigenvalue weighted by molar-refractivity contribution is 8.01. The van der Waals surface area contributed by atoms with Crippen LogP contribution in [-0.2, 0) is 11.3 Å². The van der Waals surface area contributed by atoms with Gasteiger partial charge in [-0.2, -0.15) is 0 Å². The number of nitrogens with one attached hydrogen (secondary N) is 1. The van der Waals surface area contributed by atoms with Gasteiger partial charge in [-0.1, -0.05) is 52.9 Å². The maximum atomic E-state index is 12.3. The third kappa shape index (κ3) is 5.53. The summed E-state index contributed by atoms with van der Waals surface area (Å²) in [4.78, 5) is 24.2. The number of rotatable bonds is 9. The minimum atomic E-state index is -0.476. The minimum absolute atomic E-state index is 0.121. The van der Waals surface area contributed by atoms with Crippen molar-refractivity contribution in [1.82, 2.24) is 14.8 Å². The molecule has 1 amide bonds. The van der Waals surface area contributed by atoms with Gasteiger partial charge in [0.05, 0.1) is 12.1 Å². The molecule has 31 heavy (non-hydrogen) atoms. The number of benzene rings is 2. The molecule has 0 fully saturated rings. The van der Waals surface area contributed by atoms with Gasteiger partial charge in [0.15, 0.2) is 9.92 Å². The van der Waals surface area contributed by atoms with E-state index in [2.05, 4.69) is 15.5 Å². The van der Waals surface area contributed by atoms with E-state index < -0.39 is 5.76 Å². The lowest BCUT2D eigenvalue weighted by Crippen LogP contribution is -2.19. The molecule has 0 unspecified atom stereocenters. The van der Waals surface area contributed by atoms with Crippen LogP contribution < -0.4 is 15.8 Å². The van der Waals surface area contributed by atoms with Gasteiger partial charge in [-0.25, -0.2) is 4.79 Å². The molecule has 0 saturated heterocycles. The van der Waals surface area contributed by atoms with E-state index in [1.807, 2.05) is 37.3 Å². The molecule has 0 aliphatic rings. The third-order valence-electron chi connectivity index (χ3n) is 4.39. The summed E-state index contributed by atoms with van der Waals surface area (Å²) in [6.45, 7) is 2.80. The Balaban J connectivity index is 1.22. The van der Waals surface area contributed by atoms with Gasteiger partial charge in [0.1, 0.15) is 5.75 Å². The van der Waals surface area contributed by atoms with Crippen LogP contribution in [0.15, 0.2) is 62.1 Å². The predicted octanol–water partition coefficient (Wildman–Crippen LogP) is 3.95. The van der Waals surface area contributed by atoms with Crippen LogP contribution in [0, 0.1) is 6.92 Å². The molecule has 160 valence electrons. The molecule has 10 heteroatoms. The number of para-hydroxylation sites is 2. The number of nitrogens with zero attached hydrogens (tertiary/aromatic N) is 3. The Morgan fingerprint density at radius 2 is 2.00 bits per heavy atom. The Morgan fingerprint density at radius 1 is 1.19 bits per heavy atom. The Bertz CT molecular complexity index is 1230. The zero-order chi connectivity index (χ0) is 21.6. The van der Waals surface area contributed by atoms with E-state index in [0.717, 1.165) is 10.1 Å². The van der Waals surface area contributed by atoms with Gasteiger partial charge in [-0.05, 0) is 31.2 Å². The molecule has 2 aromatic heterocycles. The average molecular weight is 457 g/mol. The monoisotopic (exact) mass is 456 g/mol. The van der Waals surface area contributed by atoms with Gasteiger partial charge in [0.25, 0.3) is 0 Å². The van der Waals surface area contributed by atoms with Crippen molar-refractivity contribution in [3.8, 4) is 5.75 Å². The molecular weight excluding hydrogens is 436 g/mol. The predicted molar refractivity (Wildman–Crippen MR) is 121 cm³/mol. The molecule has 0 atom stereocenters. The smallest absolute Gasteiger partial charge is 0.419 e. The highest BCUT2D eigenvalue weighted by atomic mass is 32.2. The zero-order valence-electron chi connectivity index (χ0n) is 16.7. The Labute approximate surface area is 186 Å². The highest BCUT2D eigenvalue weighted by Crippen LogP contribution is 2.25. The van der Waals surface area contributed by atoms with Gasteiger partial charge in [0.2, 0.25) is 11.0 Å². The molecule has 0 saturated carbocycles. The van der Waals surface area contributed by atoms with Crippen LogP contribution in [0.4, 0.5) is 5.13 Å². The van der Waals surface area contributed by atoms with Gasteiger partial charge in [-0.15, -0.1) is 10.2 Å². The van der Waals surface area contributed by atoms with Crippen LogP contribution in [0.25, 0.3) is 11.1 Å². The summed E-state index contributed by atoms with van der Waals surface area (Å²) in [5.41, 5.74) is 2.36. The summed E-state index contributed by atoms with van der Waals surface area (Å²) in [6, 6.07) is 15.0. The molecule has 0 radical (unpaired) electrons. The van der Waals surface area contributed by atoms with E-state index in [9.17, 15) is 9.59 Å². The molecule has 2 aromatic carbocycles. The van der Waals surface area contributed by atoms with Crippen LogP contribution in [-0.4, -0.2) is 33.0 Å². The van der Waals surface area contributed by atoms with Crippen molar-refractivity contribution in [2.45, 2.75) is 24.2 Å². The first-order valence-electron chi connectivity index (χ1n) is 9.62. The summed E-state index contributed by atoms with van der Waals surface area (Å²) in [6.07, 6.45) is 0.121. The molecular formula is C21H20N4O4S2. The number of ether oxygens (including phenoxy) is 1. The minimum Gasteiger partial charge on any atom is -0.493 e. The molecule has 0 spiro atoms. The Kier molecular flexibility index (Phi) is 6.68. The van der Waals surface area contributed by atoms with Crippen molar-refractivity contribution in [1.29, 1.82) is 0 Å². The molecule has 0 aliphatic heterocycles. The summed E-state index contributed by atoms with van der Waals surface area (Å²) >= 11 is 2.82. The number of amides is 1. The number of anilines is 1. The number of hydrogen-bond donors (Lipinski definition) is 1. The summed E-state index contributed by atoms with van der Waals surface area (Å²) in [5.74, 6) is 0.831. The van der Waals surface area contributed by atoms with Crippen LogP contribution in [0.3, 0.4) is 0 Å². The molecule has 0 bridgehead atoms. The Hall–Kier alpha value is -3.11. The molecule has 1 N–H and O–H groups in total. The van der Waals surface area contributed by atoms with E-state index in [1.165, 1.54) is 33.2 Å². The SMILES string of the molecule is Cc1ccc(OCCSc2nnc(NC(=O)CCn3c(=O)oc4ccccc43)s2)cc1. The van der Waals surface area contributed by atoms with Gasteiger partial charge in [-0.3, -0.25) is 9.36 Å². The van der Waals surface area contributed by atoms with E-state index in [-0.39, 0.29) is 18.9 Å². The van der Waals surface area contributed by atoms with Gasteiger partial charge < -0.3 is 14.5 Å². The molecule has 4 rings (SSSR count). The number of thioether (sulfide) groups is 1. The first kappa shape index (κ1) is 21.1. The number of aromatic nitrogens is 3. The normalized spacial score (nSPS) is 11.0. The van der Waals surface area contributed by atoms with Crippen molar-refractivity contribution < 1.29 is 13.9 Å². The molecule has 4 aromatic rings. The maximum absolute atomic E-state index is 12.3. The summed E-state index contributed by atoms with van der Waals surface area (Å²) in [7, 11) is 0. The van der Waals surface area contributed by atoms with Crippen LogP contribution >= 0.6 is 23.1 Å². The lowest BCUT2D eigenvalue weighted by Gasteiger charge is -2.04. The second-order valence-corrected chi connectivity index (χ2v) is 8.99. The maximum Gasteiger partial charge on any atom is 0.419 e. The van der Waals surface area contributed by atoms with Crippen molar-refractivity contribution >= 4 is 45.2 Å². The fourth-order valence-corrected chi connectivity index (χ4v) is 4.52. The van der Waals surface area contributed by atoms with E-state index in [0.29, 0.717) is 28.6 Å². The molecule has 8 nitrogen and oxygen atoms in total. The van der Waals surface area contributed by atoms with Crippen LogP contribution in [0.1, 0.15) is 12.0 Å². The quantitative estimate of drug-likeness (QED) is 0.231. The van der Waals surface area contributed by atoms with Crippen molar-refractivity contribution in [3.63, 3.8) is 0 Å². The third-order valence-corrected chi connectivity index (χ3v) is 6.32. The van der Waals surface area contributed by atoms with Crippen LogP contribution in [0.2, 0.25) is 0 Å². The molecule has 0 aliphatic carbocycles. The van der Waals surface area contributed by atoms with Gasteiger partial charge >= 0.3 is 5.76 Å². The van der Waals surface area contributed by atoms with Crippen molar-refractivity contribution in [3.05, 3.63) is 64.6 Å². The van der Waals surface area contributed by atoms with Crippen molar-refractivity contribution in [2.24, 2.45) is 0 Å². The van der Waals surface area contributed by atoms with Crippen LogP contribution in [0.5, 0.6) is 5.75 Å². The van der Waals surface area contributed by atoms with Crippen molar-refractivity contribution in [2.75, 3.05) is 17.7 Å². The fraction of sp³-hybridized carbons (Fsp3) is 0.238. The zero-order valence-corrected chi connectivity index (χ0v) is 18.4. The highest BCUT2D eigenvalue weighted by Gasteiger charge is 2.12. The van der Waals surface area contributed by atoms with E-state index in [1.54, 1.807) is 18.2 Å². The lowest BCUT2D eigenvalue weighted by atomic mass is 10.2. The summed E-state index contributed by atoms with van der Waals surface area (Å²) < 4.78 is 13.1. The number of carbonyl (C=O) groups is 1. The number of carbonyl (C=O) groups excluding carboxylic acids is 1. The first-order valence-corrected chi connectivity index (χ1v) is 11.4. The topological polar surface area (TPSA) is 99.3 Å². The second kappa shape index (κ2) is 9.80.